The number of hydrogen-bond acceptors (Lipinski definition) is 3. The molecule has 2 aliphatic rings. The molecule has 1 unspecified atom stereocenters. The molecule has 2 aromatic rings. The van der Waals surface area contributed by atoms with Crippen LogP contribution in [-0.2, 0) is 27.7 Å². The molecule has 1 N–H and O–H groups in total. The van der Waals surface area contributed by atoms with Crippen LogP contribution in [0.5, 0.6) is 0 Å². The van der Waals surface area contributed by atoms with E-state index in [1.54, 1.807) is 25.1 Å². The maximum absolute atomic E-state index is 13.7. The molecule has 0 saturated carbocycles. The van der Waals surface area contributed by atoms with Crippen molar-refractivity contribution in [2.75, 3.05) is 26.2 Å². The lowest BCUT2D eigenvalue weighted by molar-refractivity contribution is -0.140. The second-order valence-electron chi connectivity index (χ2n) is 10.5. The summed E-state index contributed by atoms with van der Waals surface area (Å²) in [5.74, 6) is -1.53. The molecule has 2 aliphatic heterocycles. The van der Waals surface area contributed by atoms with Crippen molar-refractivity contribution in [1.29, 1.82) is 0 Å². The third-order valence-corrected chi connectivity index (χ3v) is 8.62. The number of nitrogens with zero attached hydrogens (tertiary/aromatic N) is 2. The Morgan fingerprint density at radius 2 is 1.77 bits per heavy atom. The van der Waals surface area contributed by atoms with Crippen molar-refractivity contribution in [2.24, 2.45) is 0 Å². The second-order valence-corrected chi connectivity index (χ2v) is 11.3. The summed E-state index contributed by atoms with van der Waals surface area (Å²) in [6, 6.07) is 7.89. The number of rotatable bonds is 8. The van der Waals surface area contributed by atoms with Gasteiger partial charge in [0.15, 0.2) is 0 Å². The molecule has 4 rings (SSSR count). The molecule has 0 bridgehead atoms. The summed E-state index contributed by atoms with van der Waals surface area (Å²) in [6.07, 6.45) is -1.16. The zero-order chi connectivity index (χ0) is 28.4. The fourth-order valence-corrected chi connectivity index (χ4v) is 5.69. The van der Waals surface area contributed by atoms with Gasteiger partial charge in [-0.1, -0.05) is 35.3 Å². The van der Waals surface area contributed by atoms with Gasteiger partial charge < -0.3 is 15.1 Å². The summed E-state index contributed by atoms with van der Waals surface area (Å²) in [6.45, 7) is 4.57. The molecule has 2 fully saturated rings. The molecule has 39 heavy (non-hydrogen) atoms. The molecule has 0 spiro atoms. The molecule has 2 amide bonds. The van der Waals surface area contributed by atoms with E-state index in [-0.39, 0.29) is 29.1 Å². The minimum atomic E-state index is -4.84. The van der Waals surface area contributed by atoms with Gasteiger partial charge in [0.05, 0.1) is 21.0 Å². The summed E-state index contributed by atoms with van der Waals surface area (Å²) >= 11 is 12.4. The largest absolute Gasteiger partial charge is 0.419 e. The van der Waals surface area contributed by atoms with Crippen LogP contribution in [0.15, 0.2) is 36.4 Å². The molecular formula is C28H31Cl2F4N3O2. The number of carbonyl (C=O) groups is 2. The van der Waals surface area contributed by atoms with Crippen LogP contribution in [0.25, 0.3) is 0 Å². The summed E-state index contributed by atoms with van der Waals surface area (Å²) in [5, 5.41) is 3.37. The van der Waals surface area contributed by atoms with Gasteiger partial charge in [-0.2, -0.15) is 13.2 Å². The van der Waals surface area contributed by atoms with Crippen molar-refractivity contribution in [3.63, 3.8) is 0 Å². The number of carbonyl (C=O) groups excluding carboxylic acids is 2. The van der Waals surface area contributed by atoms with Crippen molar-refractivity contribution in [3.05, 3.63) is 69.0 Å². The van der Waals surface area contributed by atoms with E-state index in [9.17, 15) is 27.2 Å². The Morgan fingerprint density at radius 3 is 2.38 bits per heavy atom. The number of piperidine rings is 1. The molecule has 2 saturated heterocycles. The van der Waals surface area contributed by atoms with Crippen molar-refractivity contribution < 1.29 is 27.2 Å². The lowest BCUT2D eigenvalue weighted by atomic mass is 9.78. The molecule has 11 heteroatoms. The highest BCUT2D eigenvalue weighted by atomic mass is 35.5. The summed E-state index contributed by atoms with van der Waals surface area (Å²) < 4.78 is 53.1. The van der Waals surface area contributed by atoms with Gasteiger partial charge in [0.25, 0.3) is 0 Å². The van der Waals surface area contributed by atoms with E-state index < -0.39 is 28.9 Å². The molecule has 5 nitrogen and oxygen atoms in total. The van der Waals surface area contributed by atoms with Crippen molar-refractivity contribution in [3.8, 4) is 0 Å². The highest BCUT2D eigenvalue weighted by Gasteiger charge is 2.38. The minimum absolute atomic E-state index is 0.132. The van der Waals surface area contributed by atoms with Crippen LogP contribution >= 0.6 is 23.2 Å². The first kappa shape index (κ1) is 29.6. The third kappa shape index (κ3) is 6.87. The van der Waals surface area contributed by atoms with E-state index in [4.69, 9.17) is 23.2 Å². The lowest BCUT2D eigenvalue weighted by Gasteiger charge is -2.38. The third-order valence-electron chi connectivity index (χ3n) is 7.88. The standard InChI is InChI=1S/C28H31Cl2F4N3O2/c1-27(19-5-6-22(29)23(30)16-19,10-14-36-12-8-20(9-13-36)37-11-2-3-25(37)38)26(39)35-17-18-4-7-24(31)21(15-18)28(32,33)34/h4-7,15-16,20H,2-3,8-14,17H2,1H3,(H,35,39). The van der Waals surface area contributed by atoms with E-state index in [2.05, 4.69) is 10.2 Å². The van der Waals surface area contributed by atoms with Crippen LogP contribution in [-0.4, -0.2) is 53.8 Å². The van der Waals surface area contributed by atoms with Gasteiger partial charge >= 0.3 is 6.18 Å². The number of halogens is 6. The lowest BCUT2D eigenvalue weighted by Crippen LogP contribution is -2.48. The molecular weight excluding hydrogens is 557 g/mol. The Morgan fingerprint density at radius 1 is 1.05 bits per heavy atom. The van der Waals surface area contributed by atoms with Gasteiger partial charge in [-0.25, -0.2) is 4.39 Å². The number of amides is 2. The molecule has 2 heterocycles. The smallest absolute Gasteiger partial charge is 0.351 e. The average Bonchev–Trinajstić information content (AvgIpc) is 3.33. The first-order valence-corrected chi connectivity index (χ1v) is 13.8. The normalized spacial score (nSPS) is 18.8. The predicted octanol–water partition coefficient (Wildman–Crippen LogP) is 6.20. The SMILES string of the molecule is CC(CCN1CCC(N2CCCC2=O)CC1)(C(=O)NCc1ccc(F)c(C(F)(F)F)c1)c1ccc(Cl)c(Cl)c1. The number of benzene rings is 2. The van der Waals surface area contributed by atoms with Crippen LogP contribution in [0, 0.1) is 5.82 Å². The maximum Gasteiger partial charge on any atom is 0.419 e. The highest BCUT2D eigenvalue weighted by Crippen LogP contribution is 2.35. The first-order valence-electron chi connectivity index (χ1n) is 13.0. The molecule has 2 aromatic carbocycles. The van der Waals surface area contributed by atoms with Gasteiger partial charge in [-0.3, -0.25) is 9.59 Å². The van der Waals surface area contributed by atoms with E-state index in [1.807, 2.05) is 4.90 Å². The highest BCUT2D eigenvalue weighted by molar-refractivity contribution is 6.42. The van der Waals surface area contributed by atoms with Gasteiger partial charge in [-0.15, -0.1) is 0 Å². The Hall–Kier alpha value is -2.36. The Labute approximate surface area is 235 Å². The Kier molecular flexibility index (Phi) is 9.13. The van der Waals surface area contributed by atoms with Crippen molar-refractivity contribution in [1.82, 2.24) is 15.1 Å². The molecule has 1 atom stereocenters. The van der Waals surface area contributed by atoms with Crippen molar-refractivity contribution in [2.45, 2.75) is 63.2 Å². The van der Waals surface area contributed by atoms with E-state index in [0.29, 0.717) is 36.0 Å². The van der Waals surface area contributed by atoms with Crippen LogP contribution in [0.1, 0.15) is 55.7 Å². The van der Waals surface area contributed by atoms with Gasteiger partial charge in [0, 0.05) is 38.6 Å². The molecule has 0 aliphatic carbocycles. The predicted molar refractivity (Wildman–Crippen MR) is 142 cm³/mol. The van der Waals surface area contributed by atoms with Crippen LogP contribution in [0.3, 0.4) is 0 Å². The quantitative estimate of drug-likeness (QED) is 0.374. The number of alkyl halides is 3. The fraction of sp³-hybridized carbons (Fsp3) is 0.500. The zero-order valence-electron chi connectivity index (χ0n) is 21.6. The van der Waals surface area contributed by atoms with Gasteiger partial charge in [0.2, 0.25) is 11.8 Å². The number of nitrogens with one attached hydrogen (secondary N) is 1. The van der Waals surface area contributed by atoms with Gasteiger partial charge in [-0.05, 0) is 74.5 Å². The van der Waals surface area contributed by atoms with E-state index >= 15 is 0 Å². The van der Waals surface area contributed by atoms with Crippen LogP contribution < -0.4 is 5.32 Å². The summed E-state index contributed by atoms with van der Waals surface area (Å²) in [4.78, 5) is 29.9. The number of likely N-dealkylation sites (tertiary alicyclic amines) is 2. The fourth-order valence-electron chi connectivity index (χ4n) is 5.40. The van der Waals surface area contributed by atoms with E-state index in [1.165, 1.54) is 6.07 Å². The van der Waals surface area contributed by atoms with Gasteiger partial charge in [0.1, 0.15) is 5.82 Å². The maximum atomic E-state index is 13.7. The Bertz CT molecular complexity index is 1220. The molecule has 0 aromatic heterocycles. The summed E-state index contributed by atoms with van der Waals surface area (Å²) in [7, 11) is 0. The van der Waals surface area contributed by atoms with Crippen molar-refractivity contribution >= 4 is 35.0 Å². The minimum Gasteiger partial charge on any atom is -0.351 e. The zero-order valence-corrected chi connectivity index (χ0v) is 23.1. The molecule has 212 valence electrons. The van der Waals surface area contributed by atoms with Crippen LogP contribution in [0.4, 0.5) is 17.6 Å². The topological polar surface area (TPSA) is 52.7 Å². The first-order chi connectivity index (χ1) is 18.4. The van der Waals surface area contributed by atoms with E-state index in [0.717, 1.165) is 45.0 Å². The average molecular weight is 588 g/mol. The molecule has 0 radical (unpaired) electrons. The Balaban J connectivity index is 1.46. The monoisotopic (exact) mass is 587 g/mol. The van der Waals surface area contributed by atoms with Crippen LogP contribution in [0.2, 0.25) is 10.0 Å². The second kappa shape index (κ2) is 12.0. The summed E-state index contributed by atoms with van der Waals surface area (Å²) in [5.41, 5.74) is -1.68. The number of hydrogen-bond donors (Lipinski definition) is 1.